The minimum Gasteiger partial charge on any atom is -0.487 e. The van der Waals surface area contributed by atoms with Gasteiger partial charge in [0.2, 0.25) is 0 Å². The van der Waals surface area contributed by atoms with Crippen molar-refractivity contribution in [2.24, 2.45) is 0 Å². The Morgan fingerprint density at radius 3 is 2.75 bits per heavy atom. The monoisotopic (exact) mass is 338 g/mol. The van der Waals surface area contributed by atoms with Crippen LogP contribution in [0.15, 0.2) is 35.2 Å². The third kappa shape index (κ3) is 3.41. The molecule has 2 aromatic rings. The number of aliphatic hydroxyl groups is 1. The Morgan fingerprint density at radius 1 is 1.35 bits per heavy atom. The topological polar surface area (TPSA) is 47.3 Å². The Labute approximate surface area is 127 Å². The second kappa shape index (κ2) is 6.41. The standard InChI is InChI=1S/C15H19BrN2O2/c1-10(2)18-9-17-7-13(18)8-20-15-5-4-12(16)6-14(15)11(3)19/h4-7,9-11,19H,8H2,1-3H3/t11-/m1/s1. The average molecular weight is 339 g/mol. The molecule has 1 heterocycles. The summed E-state index contributed by atoms with van der Waals surface area (Å²) in [5.41, 5.74) is 1.79. The van der Waals surface area contributed by atoms with E-state index in [9.17, 15) is 5.11 Å². The van der Waals surface area contributed by atoms with Crippen molar-refractivity contribution in [3.05, 3.63) is 46.5 Å². The molecule has 1 aromatic carbocycles. The third-order valence-electron chi connectivity index (χ3n) is 3.10. The number of nitrogens with zero attached hydrogens (tertiary/aromatic N) is 2. The fraction of sp³-hybridized carbons (Fsp3) is 0.400. The molecule has 1 N–H and O–H groups in total. The van der Waals surface area contributed by atoms with E-state index in [2.05, 4.69) is 39.3 Å². The van der Waals surface area contributed by atoms with Crippen molar-refractivity contribution in [2.75, 3.05) is 0 Å². The van der Waals surface area contributed by atoms with Gasteiger partial charge in [0.25, 0.3) is 0 Å². The number of aliphatic hydroxyl groups excluding tert-OH is 1. The van der Waals surface area contributed by atoms with Crippen LogP contribution in [-0.4, -0.2) is 14.7 Å². The maximum atomic E-state index is 9.81. The van der Waals surface area contributed by atoms with E-state index < -0.39 is 6.10 Å². The molecule has 0 aliphatic rings. The highest BCUT2D eigenvalue weighted by Gasteiger charge is 2.12. The van der Waals surface area contributed by atoms with Crippen LogP contribution < -0.4 is 4.74 Å². The molecule has 1 atom stereocenters. The molecule has 2 rings (SSSR count). The summed E-state index contributed by atoms with van der Waals surface area (Å²) in [6, 6.07) is 5.99. The first-order valence-electron chi connectivity index (χ1n) is 6.60. The van der Waals surface area contributed by atoms with E-state index >= 15 is 0 Å². The number of hydrogen-bond donors (Lipinski definition) is 1. The quantitative estimate of drug-likeness (QED) is 0.900. The maximum absolute atomic E-state index is 9.81. The van der Waals surface area contributed by atoms with Crippen LogP contribution in [0.4, 0.5) is 0 Å². The molecule has 0 radical (unpaired) electrons. The SMILES string of the molecule is CC(C)n1cncc1COc1ccc(Br)cc1[C@@H](C)O. The predicted molar refractivity (Wildman–Crippen MR) is 81.7 cm³/mol. The van der Waals surface area contributed by atoms with Gasteiger partial charge in [-0.25, -0.2) is 4.98 Å². The summed E-state index contributed by atoms with van der Waals surface area (Å²) in [5, 5.41) is 9.81. The molecule has 0 unspecified atom stereocenters. The summed E-state index contributed by atoms with van der Waals surface area (Å²) in [5.74, 6) is 0.694. The van der Waals surface area contributed by atoms with Crippen molar-refractivity contribution in [3.8, 4) is 5.75 Å². The molecule has 0 aliphatic carbocycles. The largest absolute Gasteiger partial charge is 0.487 e. The normalized spacial score (nSPS) is 12.7. The highest BCUT2D eigenvalue weighted by molar-refractivity contribution is 9.10. The number of hydrogen-bond acceptors (Lipinski definition) is 3. The number of aromatic nitrogens is 2. The first kappa shape index (κ1) is 15.1. The first-order valence-corrected chi connectivity index (χ1v) is 7.39. The van der Waals surface area contributed by atoms with Gasteiger partial charge in [-0.1, -0.05) is 15.9 Å². The van der Waals surface area contributed by atoms with Gasteiger partial charge in [0.1, 0.15) is 12.4 Å². The van der Waals surface area contributed by atoms with Crippen molar-refractivity contribution in [1.82, 2.24) is 9.55 Å². The highest BCUT2D eigenvalue weighted by atomic mass is 79.9. The summed E-state index contributed by atoms with van der Waals surface area (Å²) >= 11 is 3.40. The van der Waals surface area contributed by atoms with Crippen LogP contribution in [-0.2, 0) is 6.61 Å². The van der Waals surface area contributed by atoms with Crippen molar-refractivity contribution in [3.63, 3.8) is 0 Å². The molecule has 4 nitrogen and oxygen atoms in total. The van der Waals surface area contributed by atoms with E-state index in [4.69, 9.17) is 4.74 Å². The van der Waals surface area contributed by atoms with Crippen LogP contribution in [0.2, 0.25) is 0 Å². The Balaban J connectivity index is 2.17. The lowest BCUT2D eigenvalue weighted by molar-refractivity contribution is 0.189. The smallest absolute Gasteiger partial charge is 0.130 e. The highest BCUT2D eigenvalue weighted by Crippen LogP contribution is 2.29. The Kier molecular flexibility index (Phi) is 4.83. The minimum absolute atomic E-state index is 0.345. The van der Waals surface area contributed by atoms with E-state index in [1.807, 2.05) is 18.2 Å². The molecule has 0 saturated heterocycles. The molecule has 0 amide bonds. The van der Waals surface area contributed by atoms with E-state index in [1.54, 1.807) is 19.4 Å². The van der Waals surface area contributed by atoms with Gasteiger partial charge in [0.05, 0.1) is 24.3 Å². The molecule has 1 aromatic heterocycles. The van der Waals surface area contributed by atoms with Crippen LogP contribution in [0.1, 0.15) is 44.2 Å². The molecular weight excluding hydrogens is 320 g/mol. The van der Waals surface area contributed by atoms with Gasteiger partial charge in [0, 0.05) is 16.1 Å². The summed E-state index contributed by atoms with van der Waals surface area (Å²) in [7, 11) is 0. The van der Waals surface area contributed by atoms with E-state index in [1.165, 1.54) is 0 Å². The molecule has 108 valence electrons. The van der Waals surface area contributed by atoms with Crippen LogP contribution in [0.3, 0.4) is 0 Å². The first-order chi connectivity index (χ1) is 9.49. The van der Waals surface area contributed by atoms with Gasteiger partial charge < -0.3 is 14.4 Å². The lowest BCUT2D eigenvalue weighted by Crippen LogP contribution is -2.08. The van der Waals surface area contributed by atoms with Gasteiger partial charge >= 0.3 is 0 Å². The molecule has 0 saturated carbocycles. The molecular formula is C15H19BrN2O2. The predicted octanol–water partition coefficient (Wildman–Crippen LogP) is 3.86. The molecule has 0 bridgehead atoms. The van der Waals surface area contributed by atoms with Gasteiger partial charge in [-0.15, -0.1) is 0 Å². The number of halogens is 1. The van der Waals surface area contributed by atoms with Crippen molar-refractivity contribution < 1.29 is 9.84 Å². The van der Waals surface area contributed by atoms with Crippen molar-refractivity contribution in [2.45, 2.75) is 39.5 Å². The zero-order valence-corrected chi connectivity index (χ0v) is 13.5. The number of benzene rings is 1. The van der Waals surface area contributed by atoms with Crippen LogP contribution in [0, 0.1) is 0 Å². The molecule has 0 spiro atoms. The Morgan fingerprint density at radius 2 is 2.10 bits per heavy atom. The maximum Gasteiger partial charge on any atom is 0.130 e. The van der Waals surface area contributed by atoms with E-state index in [0.29, 0.717) is 18.4 Å². The summed E-state index contributed by atoms with van der Waals surface area (Å²) in [4.78, 5) is 4.15. The molecule has 5 heteroatoms. The zero-order chi connectivity index (χ0) is 14.7. The van der Waals surface area contributed by atoms with E-state index in [-0.39, 0.29) is 0 Å². The lowest BCUT2D eigenvalue weighted by Gasteiger charge is -2.16. The van der Waals surface area contributed by atoms with Gasteiger partial charge in [-0.05, 0) is 39.0 Å². The molecule has 0 fully saturated rings. The average Bonchev–Trinajstić information content (AvgIpc) is 2.85. The lowest BCUT2D eigenvalue weighted by atomic mass is 10.1. The summed E-state index contributed by atoms with van der Waals surface area (Å²) in [6.45, 7) is 6.37. The fourth-order valence-electron chi connectivity index (χ4n) is 2.04. The number of rotatable bonds is 5. The van der Waals surface area contributed by atoms with E-state index in [0.717, 1.165) is 15.7 Å². The van der Waals surface area contributed by atoms with Crippen LogP contribution in [0.25, 0.3) is 0 Å². The second-order valence-electron chi connectivity index (χ2n) is 5.03. The third-order valence-corrected chi connectivity index (χ3v) is 3.59. The van der Waals surface area contributed by atoms with Gasteiger partial charge in [-0.3, -0.25) is 0 Å². The number of imidazole rings is 1. The van der Waals surface area contributed by atoms with Gasteiger partial charge in [0.15, 0.2) is 0 Å². The second-order valence-corrected chi connectivity index (χ2v) is 5.95. The number of ether oxygens (including phenoxy) is 1. The van der Waals surface area contributed by atoms with Gasteiger partial charge in [-0.2, -0.15) is 0 Å². The van der Waals surface area contributed by atoms with Crippen LogP contribution >= 0.6 is 15.9 Å². The van der Waals surface area contributed by atoms with Crippen LogP contribution in [0.5, 0.6) is 5.75 Å². The fourth-order valence-corrected chi connectivity index (χ4v) is 2.42. The zero-order valence-electron chi connectivity index (χ0n) is 11.9. The van der Waals surface area contributed by atoms with Crippen molar-refractivity contribution in [1.29, 1.82) is 0 Å². The Hall–Kier alpha value is -1.33. The molecule has 20 heavy (non-hydrogen) atoms. The van der Waals surface area contributed by atoms with Crippen molar-refractivity contribution >= 4 is 15.9 Å². The summed E-state index contributed by atoms with van der Waals surface area (Å²) < 4.78 is 8.84. The minimum atomic E-state index is -0.572. The Bertz CT molecular complexity index is 579. The summed E-state index contributed by atoms with van der Waals surface area (Å²) in [6.07, 6.45) is 3.04. The molecule has 0 aliphatic heterocycles.